The Morgan fingerprint density at radius 1 is 1.44 bits per heavy atom. The highest BCUT2D eigenvalue weighted by Crippen LogP contribution is 2.26. The van der Waals surface area contributed by atoms with Crippen molar-refractivity contribution < 1.29 is 8.42 Å². The minimum absolute atomic E-state index is 0.0918. The van der Waals surface area contributed by atoms with Crippen LogP contribution < -0.4 is 4.72 Å². The van der Waals surface area contributed by atoms with Crippen molar-refractivity contribution in [1.29, 1.82) is 0 Å². The number of halogens is 2. The first-order valence-electron chi connectivity index (χ1n) is 4.70. The molecule has 0 aliphatic heterocycles. The van der Waals surface area contributed by atoms with Crippen LogP contribution in [0.4, 0.5) is 0 Å². The summed E-state index contributed by atoms with van der Waals surface area (Å²) in [5.74, 6) is 0.248. The van der Waals surface area contributed by atoms with E-state index < -0.39 is 10.0 Å². The fraction of sp³-hybridized carbons (Fsp3) is 0.556. The van der Waals surface area contributed by atoms with Crippen LogP contribution in [0, 0.1) is 5.92 Å². The molecule has 0 aliphatic carbocycles. The van der Waals surface area contributed by atoms with E-state index in [9.17, 15) is 8.42 Å². The summed E-state index contributed by atoms with van der Waals surface area (Å²) in [5.41, 5.74) is 0. The molecule has 0 saturated carbocycles. The van der Waals surface area contributed by atoms with Gasteiger partial charge in [-0.1, -0.05) is 29.8 Å². The van der Waals surface area contributed by atoms with Crippen LogP contribution >= 0.6 is 43.2 Å². The summed E-state index contributed by atoms with van der Waals surface area (Å²) in [5, 5.41) is 0.608. The molecule has 1 aromatic rings. The molecule has 0 saturated heterocycles. The van der Waals surface area contributed by atoms with E-state index in [-0.39, 0.29) is 12.0 Å². The van der Waals surface area contributed by atoms with E-state index in [1.807, 2.05) is 13.8 Å². The topological polar surface area (TPSA) is 46.2 Å². The predicted molar refractivity (Wildman–Crippen MR) is 74.8 cm³/mol. The van der Waals surface area contributed by atoms with Gasteiger partial charge in [-0.15, -0.1) is 11.3 Å². The highest BCUT2D eigenvalue weighted by atomic mass is 79.9. The van der Waals surface area contributed by atoms with E-state index in [0.717, 1.165) is 3.79 Å². The average Bonchev–Trinajstić information content (AvgIpc) is 2.61. The number of nitrogens with one attached hydrogen (secondary N) is 1. The lowest BCUT2D eigenvalue weighted by molar-refractivity contribution is 0.484. The number of hydrogen-bond acceptors (Lipinski definition) is 3. The van der Waals surface area contributed by atoms with Crippen LogP contribution in [0.25, 0.3) is 0 Å². The lowest BCUT2D eigenvalue weighted by Crippen LogP contribution is -2.39. The lowest BCUT2D eigenvalue weighted by atomic mass is 10.1. The maximum atomic E-state index is 12.0. The first-order chi connectivity index (χ1) is 7.36. The van der Waals surface area contributed by atoms with Gasteiger partial charge >= 0.3 is 0 Å². The van der Waals surface area contributed by atoms with Gasteiger partial charge in [0, 0.05) is 11.4 Å². The number of hydrogen-bond donors (Lipinski definition) is 1. The molecule has 3 nitrogen and oxygen atoms in total. The second kappa shape index (κ2) is 5.95. The van der Waals surface area contributed by atoms with Crippen LogP contribution in [0.5, 0.6) is 0 Å². The quantitative estimate of drug-likeness (QED) is 0.784. The molecular weight excluding hydrogens is 378 g/mol. The first-order valence-corrected chi connectivity index (χ1v) is 8.92. The Labute approximate surface area is 117 Å². The minimum Gasteiger partial charge on any atom is -0.206 e. The maximum absolute atomic E-state index is 12.0. The van der Waals surface area contributed by atoms with E-state index in [1.165, 1.54) is 11.3 Å². The van der Waals surface area contributed by atoms with Gasteiger partial charge in [-0.2, -0.15) is 0 Å². The second-order valence-electron chi connectivity index (χ2n) is 3.68. The molecule has 0 spiro atoms. The molecule has 92 valence electrons. The summed E-state index contributed by atoms with van der Waals surface area (Å²) in [7, 11) is -3.39. The molecule has 0 aromatic carbocycles. The predicted octanol–water partition coefficient (Wildman–Crippen LogP) is 3.21. The number of sulfonamides is 1. The zero-order valence-corrected chi connectivity index (χ0v) is 13.7. The Morgan fingerprint density at radius 3 is 2.44 bits per heavy atom. The molecule has 0 aliphatic rings. The standard InChI is InChI=1S/C9H13Br2NO2S2/c1-6(2)7(5-10)12-16(13,14)9-4-3-8(11)15-9/h3-4,6-7,12H,5H2,1-2H3. The SMILES string of the molecule is CC(C)C(CBr)NS(=O)(=O)c1ccc(Br)s1. The molecule has 0 bridgehead atoms. The van der Waals surface area contributed by atoms with Crippen molar-refractivity contribution in [2.45, 2.75) is 24.1 Å². The van der Waals surface area contributed by atoms with Gasteiger partial charge in [-0.25, -0.2) is 13.1 Å². The molecule has 1 atom stereocenters. The highest BCUT2D eigenvalue weighted by molar-refractivity contribution is 9.11. The molecule has 1 heterocycles. The molecule has 0 amide bonds. The van der Waals surface area contributed by atoms with E-state index >= 15 is 0 Å². The van der Waals surface area contributed by atoms with Crippen molar-refractivity contribution in [3.63, 3.8) is 0 Å². The minimum atomic E-state index is -3.39. The molecule has 1 unspecified atom stereocenters. The number of thiophene rings is 1. The summed E-state index contributed by atoms with van der Waals surface area (Å²) in [6.45, 7) is 3.97. The summed E-state index contributed by atoms with van der Waals surface area (Å²) < 4.78 is 27.8. The molecular formula is C9H13Br2NO2S2. The van der Waals surface area contributed by atoms with Crippen LogP contribution in [0.2, 0.25) is 0 Å². The first kappa shape index (κ1) is 14.6. The van der Waals surface area contributed by atoms with Crippen LogP contribution in [0.15, 0.2) is 20.1 Å². The van der Waals surface area contributed by atoms with Crippen LogP contribution in [0.3, 0.4) is 0 Å². The Kier molecular flexibility index (Phi) is 5.44. The molecule has 16 heavy (non-hydrogen) atoms. The van der Waals surface area contributed by atoms with Gasteiger partial charge in [0.15, 0.2) is 0 Å². The Hall–Kier alpha value is 0.570. The largest absolute Gasteiger partial charge is 0.250 e. The van der Waals surface area contributed by atoms with Crippen molar-refractivity contribution in [2.24, 2.45) is 5.92 Å². The maximum Gasteiger partial charge on any atom is 0.250 e. The third-order valence-electron chi connectivity index (χ3n) is 2.09. The summed E-state index contributed by atoms with van der Waals surface area (Å²) in [6.07, 6.45) is 0. The zero-order valence-electron chi connectivity index (χ0n) is 8.91. The van der Waals surface area contributed by atoms with Gasteiger partial charge in [0.25, 0.3) is 0 Å². The van der Waals surface area contributed by atoms with Crippen molar-refractivity contribution in [3.8, 4) is 0 Å². The van der Waals surface area contributed by atoms with Gasteiger partial charge in [0.2, 0.25) is 10.0 Å². The molecule has 1 N–H and O–H groups in total. The van der Waals surface area contributed by atoms with E-state index in [0.29, 0.717) is 9.54 Å². The van der Waals surface area contributed by atoms with Crippen molar-refractivity contribution in [3.05, 3.63) is 15.9 Å². The van der Waals surface area contributed by atoms with Gasteiger partial charge < -0.3 is 0 Å². The molecule has 1 aromatic heterocycles. The molecule has 0 fully saturated rings. The van der Waals surface area contributed by atoms with Crippen molar-refractivity contribution in [1.82, 2.24) is 4.72 Å². The summed E-state index contributed by atoms with van der Waals surface area (Å²) >= 11 is 7.78. The van der Waals surface area contributed by atoms with Crippen LogP contribution in [-0.2, 0) is 10.0 Å². The Morgan fingerprint density at radius 2 is 2.06 bits per heavy atom. The second-order valence-corrected chi connectivity index (χ2v) is 8.74. The number of rotatable bonds is 5. The van der Waals surface area contributed by atoms with Gasteiger partial charge in [0.1, 0.15) is 4.21 Å². The van der Waals surface area contributed by atoms with E-state index in [1.54, 1.807) is 12.1 Å². The molecule has 1 rings (SSSR count). The monoisotopic (exact) mass is 389 g/mol. The molecule has 7 heteroatoms. The zero-order chi connectivity index (χ0) is 12.3. The smallest absolute Gasteiger partial charge is 0.206 e. The van der Waals surface area contributed by atoms with Gasteiger partial charge in [-0.05, 0) is 34.0 Å². The van der Waals surface area contributed by atoms with Gasteiger partial charge in [-0.3, -0.25) is 0 Å². The highest BCUT2D eigenvalue weighted by Gasteiger charge is 2.22. The third kappa shape index (κ3) is 3.80. The summed E-state index contributed by atoms with van der Waals surface area (Å²) in [4.78, 5) is 0. The fourth-order valence-corrected chi connectivity index (χ4v) is 5.58. The van der Waals surface area contributed by atoms with Crippen molar-refractivity contribution in [2.75, 3.05) is 5.33 Å². The fourth-order valence-electron chi connectivity index (χ4n) is 1.05. The normalized spacial score (nSPS) is 14.3. The Balaban J connectivity index is 2.87. The van der Waals surface area contributed by atoms with E-state index in [4.69, 9.17) is 0 Å². The summed E-state index contributed by atoms with van der Waals surface area (Å²) in [6, 6.07) is 3.24. The Bertz CT molecular complexity index is 442. The third-order valence-corrected chi connectivity index (χ3v) is 6.39. The van der Waals surface area contributed by atoms with E-state index in [2.05, 4.69) is 36.6 Å². The van der Waals surface area contributed by atoms with Crippen molar-refractivity contribution >= 4 is 53.2 Å². The van der Waals surface area contributed by atoms with Crippen LogP contribution in [-0.4, -0.2) is 19.8 Å². The average molecular weight is 391 g/mol. The molecule has 0 radical (unpaired) electrons. The van der Waals surface area contributed by atoms with Crippen LogP contribution in [0.1, 0.15) is 13.8 Å². The van der Waals surface area contributed by atoms with Gasteiger partial charge in [0.05, 0.1) is 3.79 Å². The lowest BCUT2D eigenvalue weighted by Gasteiger charge is -2.19. The number of alkyl halides is 1.